The number of benzene rings is 1. The number of amides is 1. The van der Waals surface area contributed by atoms with Crippen LogP contribution in [0.25, 0.3) is 11.3 Å². The van der Waals surface area contributed by atoms with Gasteiger partial charge in [-0.1, -0.05) is 56.4 Å². The first kappa shape index (κ1) is 28.7. The number of rotatable bonds is 12. The van der Waals surface area contributed by atoms with Gasteiger partial charge in [0, 0.05) is 18.0 Å². The minimum atomic E-state index is -4.60. The second-order valence-electron chi connectivity index (χ2n) is 9.18. The first-order valence-electron chi connectivity index (χ1n) is 12.4. The van der Waals surface area contributed by atoms with Gasteiger partial charge in [-0.05, 0) is 56.8 Å². The monoisotopic (exact) mass is 536 g/mol. The van der Waals surface area contributed by atoms with Gasteiger partial charge in [0.15, 0.2) is 5.13 Å². The number of alkyl halides is 3. The number of anilines is 2. The van der Waals surface area contributed by atoms with Crippen LogP contribution in [0, 0.1) is 5.13 Å². The topological polar surface area (TPSA) is 49.3 Å². The number of pyridine rings is 1. The van der Waals surface area contributed by atoms with Crippen LogP contribution in [0.1, 0.15) is 56.6 Å². The lowest BCUT2D eigenvalue weighted by atomic mass is 9.99. The molecule has 0 atom stereocenters. The summed E-state index contributed by atoms with van der Waals surface area (Å²) < 4.78 is 57.1. The van der Waals surface area contributed by atoms with E-state index in [0.717, 1.165) is 43.1 Å². The van der Waals surface area contributed by atoms with Gasteiger partial charge in [-0.15, -0.1) is 0 Å². The molecule has 0 unspecified atom stereocenters. The van der Waals surface area contributed by atoms with E-state index < -0.39 is 22.8 Å². The lowest BCUT2D eigenvalue weighted by Crippen LogP contribution is -2.34. The molecule has 0 aliphatic heterocycles. The number of halogens is 4. The van der Waals surface area contributed by atoms with Crippen LogP contribution in [-0.4, -0.2) is 41.4 Å². The maximum absolute atomic E-state index is 14.9. The molecule has 0 aliphatic carbocycles. The molecule has 200 valence electrons. The molecule has 2 heterocycles. The molecule has 0 saturated carbocycles. The van der Waals surface area contributed by atoms with Crippen molar-refractivity contribution in [3.8, 4) is 11.3 Å². The number of hydrogen-bond acceptors (Lipinski definition) is 5. The van der Waals surface area contributed by atoms with Crippen LogP contribution >= 0.6 is 11.3 Å². The first-order valence-corrected chi connectivity index (χ1v) is 13.2. The summed E-state index contributed by atoms with van der Waals surface area (Å²) in [6, 6.07) is 7.13. The summed E-state index contributed by atoms with van der Waals surface area (Å²) in [5.74, 6) is -0.520. The zero-order valence-corrected chi connectivity index (χ0v) is 22.1. The van der Waals surface area contributed by atoms with E-state index in [9.17, 15) is 22.4 Å². The Morgan fingerprint density at radius 2 is 1.78 bits per heavy atom. The molecular weight excluding hydrogens is 504 g/mol. The molecule has 0 bridgehead atoms. The Morgan fingerprint density at radius 3 is 2.43 bits per heavy atom. The third-order valence-corrected chi connectivity index (χ3v) is 6.69. The smallest absolute Gasteiger partial charge is 0.301 e. The molecule has 3 aromatic rings. The Morgan fingerprint density at radius 1 is 1.05 bits per heavy atom. The molecule has 2 aromatic heterocycles. The van der Waals surface area contributed by atoms with Gasteiger partial charge in [0.2, 0.25) is 11.0 Å². The molecule has 10 heteroatoms. The Labute approximate surface area is 219 Å². The molecule has 37 heavy (non-hydrogen) atoms. The van der Waals surface area contributed by atoms with Gasteiger partial charge in [-0.3, -0.25) is 14.7 Å². The van der Waals surface area contributed by atoms with E-state index in [2.05, 4.69) is 16.9 Å². The van der Waals surface area contributed by atoms with Crippen molar-refractivity contribution in [3.05, 3.63) is 59.0 Å². The molecule has 5 nitrogen and oxygen atoms in total. The average molecular weight is 537 g/mol. The molecule has 0 radical (unpaired) electrons. The Balaban J connectivity index is 1.97. The van der Waals surface area contributed by atoms with Crippen LogP contribution in [0.5, 0.6) is 0 Å². The van der Waals surface area contributed by atoms with Crippen molar-refractivity contribution in [2.75, 3.05) is 25.5 Å². The molecule has 3 rings (SSSR count). The number of thiazole rings is 1. The predicted octanol–water partition coefficient (Wildman–Crippen LogP) is 7.49. The van der Waals surface area contributed by atoms with Crippen molar-refractivity contribution < 1.29 is 22.4 Å². The van der Waals surface area contributed by atoms with E-state index >= 15 is 0 Å². The average Bonchev–Trinajstić information content (AvgIpc) is 3.22. The third kappa shape index (κ3) is 7.82. The second kappa shape index (κ2) is 13.1. The van der Waals surface area contributed by atoms with Gasteiger partial charge >= 0.3 is 6.18 Å². The summed E-state index contributed by atoms with van der Waals surface area (Å²) in [6.45, 7) is 2.02. The summed E-state index contributed by atoms with van der Waals surface area (Å²) in [6.07, 6.45) is 4.49. The highest BCUT2D eigenvalue weighted by atomic mass is 32.1. The fourth-order valence-electron chi connectivity index (χ4n) is 4.05. The number of carbonyl (C=O) groups is 1. The zero-order chi connectivity index (χ0) is 27.0. The standard InChI is InChI=1S/C27H32F4N4OS/c1-4-5-6-7-8-9-11-19-13-14-21(16-22(19)27(29,30)31)35(23(36)18-34(2)3)26-33-24(25(28)37-26)20-12-10-15-32-17-20/h10,12-17H,4-9,11,18H2,1-3H3. The number of nitrogens with zero attached hydrogens (tertiary/aromatic N) is 4. The van der Waals surface area contributed by atoms with Crippen LogP contribution in [0.2, 0.25) is 0 Å². The summed E-state index contributed by atoms with van der Waals surface area (Å²) in [5.41, 5.74) is -0.199. The third-order valence-electron chi connectivity index (χ3n) is 5.86. The van der Waals surface area contributed by atoms with Crippen molar-refractivity contribution in [1.82, 2.24) is 14.9 Å². The maximum Gasteiger partial charge on any atom is 0.416 e. The minimum Gasteiger partial charge on any atom is -0.301 e. The number of aryl methyl sites for hydroxylation is 1. The highest BCUT2D eigenvalue weighted by Crippen LogP contribution is 2.39. The Kier molecular flexibility index (Phi) is 10.2. The maximum atomic E-state index is 14.9. The van der Waals surface area contributed by atoms with Crippen molar-refractivity contribution in [3.63, 3.8) is 0 Å². The van der Waals surface area contributed by atoms with Crippen molar-refractivity contribution in [2.45, 2.75) is 58.0 Å². The number of unbranched alkanes of at least 4 members (excludes halogenated alkanes) is 5. The normalized spacial score (nSPS) is 11.8. The number of carbonyl (C=O) groups excluding carboxylic acids is 1. The van der Waals surface area contributed by atoms with E-state index in [4.69, 9.17) is 0 Å². The molecule has 0 N–H and O–H groups in total. The summed E-state index contributed by atoms with van der Waals surface area (Å²) in [7, 11) is 3.34. The summed E-state index contributed by atoms with van der Waals surface area (Å²) >= 11 is 0.608. The largest absolute Gasteiger partial charge is 0.416 e. The van der Waals surface area contributed by atoms with Gasteiger partial charge in [-0.2, -0.15) is 17.6 Å². The van der Waals surface area contributed by atoms with Crippen molar-refractivity contribution in [1.29, 1.82) is 0 Å². The predicted molar refractivity (Wildman–Crippen MR) is 140 cm³/mol. The van der Waals surface area contributed by atoms with E-state index in [1.54, 1.807) is 31.1 Å². The zero-order valence-electron chi connectivity index (χ0n) is 21.3. The highest BCUT2D eigenvalue weighted by molar-refractivity contribution is 7.14. The summed E-state index contributed by atoms with van der Waals surface area (Å²) in [5, 5.41) is -0.693. The second-order valence-corrected chi connectivity index (χ2v) is 10.1. The van der Waals surface area contributed by atoms with Gasteiger partial charge < -0.3 is 4.90 Å². The fourth-order valence-corrected chi connectivity index (χ4v) is 4.91. The molecule has 0 aliphatic rings. The quantitative estimate of drug-likeness (QED) is 0.178. The van der Waals surface area contributed by atoms with Gasteiger partial charge in [0.05, 0.1) is 17.8 Å². The van der Waals surface area contributed by atoms with Gasteiger partial charge in [0.25, 0.3) is 0 Å². The van der Waals surface area contributed by atoms with E-state index in [0.29, 0.717) is 29.7 Å². The number of aromatic nitrogens is 2. The Hall–Kier alpha value is -2.85. The fraction of sp³-hybridized carbons (Fsp3) is 0.444. The number of hydrogen-bond donors (Lipinski definition) is 0. The van der Waals surface area contributed by atoms with Gasteiger partial charge in [-0.25, -0.2) is 4.98 Å². The molecule has 1 aromatic carbocycles. The van der Waals surface area contributed by atoms with Crippen LogP contribution < -0.4 is 4.90 Å². The first-order chi connectivity index (χ1) is 17.6. The number of likely N-dealkylation sites (N-methyl/N-ethyl adjacent to an activating group) is 1. The molecule has 1 amide bonds. The van der Waals surface area contributed by atoms with Crippen LogP contribution in [-0.2, 0) is 17.4 Å². The minimum absolute atomic E-state index is 0.00245. The van der Waals surface area contributed by atoms with E-state index in [1.165, 1.54) is 24.5 Å². The van der Waals surface area contributed by atoms with Crippen LogP contribution in [0.15, 0.2) is 42.7 Å². The Bertz CT molecular complexity index is 1160. The molecular formula is C27H32F4N4OS. The van der Waals surface area contributed by atoms with E-state index in [1.807, 2.05) is 0 Å². The lowest BCUT2D eigenvalue weighted by Gasteiger charge is -2.24. The SMILES string of the molecule is CCCCCCCCc1ccc(N(C(=O)CN(C)C)c2nc(-c3cccnc3)c(F)s2)cc1C(F)(F)F. The van der Waals surface area contributed by atoms with Crippen LogP contribution in [0.3, 0.4) is 0 Å². The summed E-state index contributed by atoms with van der Waals surface area (Å²) in [4.78, 5) is 24.1. The van der Waals surface area contributed by atoms with Crippen LogP contribution in [0.4, 0.5) is 28.4 Å². The molecule has 0 spiro atoms. The van der Waals surface area contributed by atoms with E-state index in [-0.39, 0.29) is 28.6 Å². The van der Waals surface area contributed by atoms with Crippen molar-refractivity contribution in [2.24, 2.45) is 0 Å². The highest BCUT2D eigenvalue weighted by Gasteiger charge is 2.35. The van der Waals surface area contributed by atoms with Gasteiger partial charge in [0.1, 0.15) is 5.69 Å². The molecule has 0 fully saturated rings. The lowest BCUT2D eigenvalue weighted by molar-refractivity contribution is -0.138. The van der Waals surface area contributed by atoms with Crippen molar-refractivity contribution >= 4 is 28.1 Å². The molecule has 0 saturated heterocycles.